The molecule has 1 aliphatic rings. The molecule has 3 atom stereocenters. The standard InChI is InChI=1S/C15H15Cl2NO3/c1-8-3-2-4-10(15(20)21)13(8)14(19)18-9-5-6-11(16)12(17)7-9/h2-3,5-8,10,13H,4H2,1H3,(H,18,19)(H,20,21). The van der Waals surface area contributed by atoms with E-state index in [1.807, 2.05) is 19.1 Å². The maximum absolute atomic E-state index is 12.4. The fraction of sp³-hybridized carbons (Fsp3) is 0.333. The van der Waals surface area contributed by atoms with Crippen molar-refractivity contribution in [2.75, 3.05) is 5.32 Å². The fourth-order valence-corrected chi connectivity index (χ4v) is 2.85. The zero-order valence-electron chi connectivity index (χ0n) is 11.3. The summed E-state index contributed by atoms with van der Waals surface area (Å²) in [5.41, 5.74) is 0.500. The number of allylic oxidation sites excluding steroid dienone is 2. The Hall–Kier alpha value is -1.52. The number of benzene rings is 1. The number of rotatable bonds is 3. The van der Waals surface area contributed by atoms with E-state index >= 15 is 0 Å². The average molecular weight is 328 g/mol. The van der Waals surface area contributed by atoms with Crippen molar-refractivity contribution >= 4 is 40.8 Å². The van der Waals surface area contributed by atoms with E-state index in [1.54, 1.807) is 18.2 Å². The van der Waals surface area contributed by atoms with E-state index in [1.165, 1.54) is 0 Å². The van der Waals surface area contributed by atoms with Crippen LogP contribution in [0.15, 0.2) is 30.4 Å². The van der Waals surface area contributed by atoms with E-state index < -0.39 is 17.8 Å². The van der Waals surface area contributed by atoms with Gasteiger partial charge in [-0.3, -0.25) is 9.59 Å². The molecule has 0 saturated carbocycles. The molecule has 6 heteroatoms. The van der Waals surface area contributed by atoms with Crippen molar-refractivity contribution < 1.29 is 14.7 Å². The van der Waals surface area contributed by atoms with Crippen LogP contribution in [0.4, 0.5) is 5.69 Å². The highest BCUT2D eigenvalue weighted by molar-refractivity contribution is 6.42. The van der Waals surface area contributed by atoms with Crippen LogP contribution < -0.4 is 5.32 Å². The fourth-order valence-electron chi connectivity index (χ4n) is 2.55. The first-order valence-electron chi connectivity index (χ1n) is 6.55. The van der Waals surface area contributed by atoms with Gasteiger partial charge in [0.2, 0.25) is 5.91 Å². The third-order valence-electron chi connectivity index (χ3n) is 3.64. The zero-order chi connectivity index (χ0) is 15.6. The molecule has 0 fully saturated rings. The molecule has 2 rings (SSSR count). The Bertz CT molecular complexity index is 601. The van der Waals surface area contributed by atoms with Crippen LogP contribution >= 0.6 is 23.2 Å². The van der Waals surface area contributed by atoms with Gasteiger partial charge in [0.15, 0.2) is 0 Å². The van der Waals surface area contributed by atoms with Gasteiger partial charge in [-0.1, -0.05) is 42.3 Å². The maximum atomic E-state index is 12.4. The van der Waals surface area contributed by atoms with Crippen LogP contribution in [0.2, 0.25) is 10.0 Å². The Morgan fingerprint density at radius 2 is 2.00 bits per heavy atom. The SMILES string of the molecule is CC1C=CCC(C(=O)O)C1C(=O)Nc1ccc(Cl)c(Cl)c1. The number of carbonyl (C=O) groups is 2. The summed E-state index contributed by atoms with van der Waals surface area (Å²) in [6.45, 7) is 1.84. The summed E-state index contributed by atoms with van der Waals surface area (Å²) >= 11 is 11.7. The molecule has 1 amide bonds. The number of carbonyl (C=O) groups excluding carboxylic acids is 1. The number of amides is 1. The molecule has 0 saturated heterocycles. The highest BCUT2D eigenvalue weighted by Gasteiger charge is 2.38. The molecule has 21 heavy (non-hydrogen) atoms. The monoisotopic (exact) mass is 327 g/mol. The van der Waals surface area contributed by atoms with E-state index in [0.29, 0.717) is 22.2 Å². The molecule has 2 N–H and O–H groups in total. The molecule has 0 bridgehead atoms. The number of nitrogens with one attached hydrogen (secondary N) is 1. The molecule has 1 aliphatic carbocycles. The summed E-state index contributed by atoms with van der Waals surface area (Å²) in [5, 5.41) is 12.7. The van der Waals surface area contributed by atoms with Crippen LogP contribution in [0.5, 0.6) is 0 Å². The summed E-state index contributed by atoms with van der Waals surface area (Å²) < 4.78 is 0. The molecule has 4 nitrogen and oxygen atoms in total. The molecule has 0 aliphatic heterocycles. The van der Waals surface area contributed by atoms with Gasteiger partial charge < -0.3 is 10.4 Å². The molecule has 1 aromatic carbocycles. The van der Waals surface area contributed by atoms with Crippen molar-refractivity contribution in [3.05, 3.63) is 40.4 Å². The van der Waals surface area contributed by atoms with E-state index in [9.17, 15) is 14.7 Å². The van der Waals surface area contributed by atoms with Crippen LogP contribution in [-0.2, 0) is 9.59 Å². The minimum Gasteiger partial charge on any atom is -0.481 e. The van der Waals surface area contributed by atoms with Crippen LogP contribution in [0.1, 0.15) is 13.3 Å². The second-order valence-corrected chi connectivity index (χ2v) is 5.93. The predicted octanol–water partition coefficient (Wildman–Crippen LogP) is 3.84. The van der Waals surface area contributed by atoms with Crippen molar-refractivity contribution in [2.24, 2.45) is 17.8 Å². The third-order valence-corrected chi connectivity index (χ3v) is 4.38. The summed E-state index contributed by atoms with van der Waals surface area (Å²) in [4.78, 5) is 23.7. The average Bonchev–Trinajstić information content (AvgIpc) is 2.42. The molecule has 0 heterocycles. The maximum Gasteiger partial charge on any atom is 0.307 e. The summed E-state index contributed by atoms with van der Waals surface area (Å²) in [6, 6.07) is 4.75. The molecular weight excluding hydrogens is 313 g/mol. The normalized spacial score (nSPS) is 24.6. The first-order valence-corrected chi connectivity index (χ1v) is 7.31. The van der Waals surface area contributed by atoms with Crippen molar-refractivity contribution in [3.8, 4) is 0 Å². The molecular formula is C15H15Cl2NO3. The van der Waals surface area contributed by atoms with E-state index in [0.717, 1.165) is 0 Å². The molecule has 3 unspecified atom stereocenters. The summed E-state index contributed by atoms with van der Waals surface area (Å²) in [7, 11) is 0. The Balaban J connectivity index is 2.19. The molecule has 112 valence electrons. The minimum absolute atomic E-state index is 0.136. The van der Waals surface area contributed by atoms with Gasteiger partial charge in [0.05, 0.1) is 21.9 Å². The lowest BCUT2D eigenvalue weighted by atomic mass is 9.76. The molecule has 0 spiro atoms. The number of hydrogen-bond donors (Lipinski definition) is 2. The van der Waals surface area contributed by atoms with Gasteiger partial charge in [-0.15, -0.1) is 0 Å². The lowest BCUT2D eigenvalue weighted by Crippen LogP contribution is -2.38. The second-order valence-electron chi connectivity index (χ2n) is 5.11. The van der Waals surface area contributed by atoms with Crippen LogP contribution in [0, 0.1) is 17.8 Å². The first-order chi connectivity index (χ1) is 9.90. The van der Waals surface area contributed by atoms with Gasteiger partial charge in [0.1, 0.15) is 0 Å². The minimum atomic E-state index is -0.958. The lowest BCUT2D eigenvalue weighted by molar-refractivity contribution is -0.147. The number of hydrogen-bond acceptors (Lipinski definition) is 2. The quantitative estimate of drug-likeness (QED) is 0.829. The topological polar surface area (TPSA) is 66.4 Å². The smallest absolute Gasteiger partial charge is 0.307 e. The van der Waals surface area contributed by atoms with Crippen molar-refractivity contribution in [3.63, 3.8) is 0 Å². The molecule has 0 radical (unpaired) electrons. The van der Waals surface area contributed by atoms with E-state index in [4.69, 9.17) is 23.2 Å². The van der Waals surface area contributed by atoms with Crippen LogP contribution in [0.3, 0.4) is 0 Å². The van der Waals surface area contributed by atoms with Gasteiger partial charge in [-0.25, -0.2) is 0 Å². The summed E-state index contributed by atoms with van der Waals surface area (Å²) in [5.74, 6) is -2.74. The predicted molar refractivity (Wildman–Crippen MR) is 82.6 cm³/mol. The van der Waals surface area contributed by atoms with Crippen molar-refractivity contribution in [1.82, 2.24) is 0 Å². The van der Waals surface area contributed by atoms with Gasteiger partial charge in [-0.2, -0.15) is 0 Å². The largest absolute Gasteiger partial charge is 0.481 e. The Morgan fingerprint density at radius 3 is 2.62 bits per heavy atom. The van der Waals surface area contributed by atoms with Gasteiger partial charge in [-0.05, 0) is 30.5 Å². The third kappa shape index (κ3) is 3.57. The first kappa shape index (κ1) is 15.9. The van der Waals surface area contributed by atoms with Crippen molar-refractivity contribution in [2.45, 2.75) is 13.3 Å². The number of carboxylic acids is 1. The van der Waals surface area contributed by atoms with Crippen molar-refractivity contribution in [1.29, 1.82) is 0 Å². The Morgan fingerprint density at radius 1 is 1.29 bits per heavy atom. The highest BCUT2D eigenvalue weighted by Crippen LogP contribution is 2.32. The van der Waals surface area contributed by atoms with Crippen LogP contribution in [-0.4, -0.2) is 17.0 Å². The van der Waals surface area contributed by atoms with Crippen LogP contribution in [0.25, 0.3) is 0 Å². The molecule has 0 aromatic heterocycles. The lowest BCUT2D eigenvalue weighted by Gasteiger charge is -2.29. The number of aliphatic carboxylic acids is 1. The Labute approximate surface area is 132 Å². The number of carboxylic acid groups (broad SMARTS) is 1. The van der Waals surface area contributed by atoms with Gasteiger partial charge >= 0.3 is 5.97 Å². The van der Waals surface area contributed by atoms with E-state index in [2.05, 4.69) is 5.32 Å². The van der Waals surface area contributed by atoms with Gasteiger partial charge in [0.25, 0.3) is 0 Å². The van der Waals surface area contributed by atoms with E-state index in [-0.39, 0.29) is 11.8 Å². The Kier molecular flexibility index (Phi) is 4.91. The second kappa shape index (κ2) is 6.50. The van der Waals surface area contributed by atoms with Gasteiger partial charge in [0, 0.05) is 5.69 Å². The highest BCUT2D eigenvalue weighted by atomic mass is 35.5. The number of anilines is 1. The molecule has 1 aromatic rings. The number of halogens is 2. The summed E-state index contributed by atoms with van der Waals surface area (Å²) in [6.07, 6.45) is 4.05. The zero-order valence-corrected chi connectivity index (χ0v) is 12.9.